The zero-order valence-electron chi connectivity index (χ0n) is 18.2. The largest absolute Gasteiger partial charge is 0.370 e. The molecule has 1 aromatic heterocycles. The molecule has 1 fully saturated rings. The Morgan fingerprint density at radius 1 is 1.23 bits per heavy atom. The number of anilines is 2. The Hall–Kier alpha value is -2.17. The Morgan fingerprint density at radius 2 is 2.00 bits per heavy atom. The van der Waals surface area contributed by atoms with Gasteiger partial charge in [0.2, 0.25) is 0 Å². The number of nitrogens with zero attached hydrogens (tertiary/aromatic N) is 4. The van der Waals surface area contributed by atoms with Crippen LogP contribution in [-0.4, -0.2) is 50.2 Å². The first kappa shape index (κ1) is 25.1. The molecule has 2 heterocycles. The van der Waals surface area contributed by atoms with Crippen LogP contribution in [0.15, 0.2) is 41.5 Å². The van der Waals surface area contributed by atoms with E-state index < -0.39 is 0 Å². The van der Waals surface area contributed by atoms with Crippen LogP contribution < -0.4 is 20.4 Å². The maximum Gasteiger partial charge on any atom is 0.191 e. The first-order valence-corrected chi connectivity index (χ1v) is 10.4. The molecule has 1 atom stereocenters. The van der Waals surface area contributed by atoms with Crippen LogP contribution in [0.3, 0.4) is 0 Å². The zero-order valence-corrected chi connectivity index (χ0v) is 20.6. The molecule has 0 saturated carbocycles. The monoisotopic (exact) mass is 544 g/mol. The van der Waals surface area contributed by atoms with Crippen LogP contribution in [-0.2, 0) is 6.54 Å². The molecule has 2 aromatic rings. The van der Waals surface area contributed by atoms with E-state index in [0.29, 0.717) is 30.6 Å². The molecule has 2 N–H and O–H groups in total. The summed E-state index contributed by atoms with van der Waals surface area (Å²) >= 11 is 0. The molecule has 0 aliphatic carbocycles. The molecular weight excluding hydrogens is 513 g/mol. The van der Waals surface area contributed by atoms with Gasteiger partial charge in [0.1, 0.15) is 5.82 Å². The minimum Gasteiger partial charge on any atom is -0.370 e. The van der Waals surface area contributed by atoms with E-state index in [0.717, 1.165) is 31.6 Å². The van der Waals surface area contributed by atoms with Gasteiger partial charge < -0.3 is 20.4 Å². The highest BCUT2D eigenvalue weighted by molar-refractivity contribution is 14.0. The molecule has 9 heteroatoms. The standard InChI is InChI=1S/C22H30F2N6.HI/c1-4-29(5-2)20-9-8-16(13-19(20)24)14-27-22(25-3)28-17-10-12-30(15-17)21-18(23)7-6-11-26-21;/h6-9,11,13,17H,4-5,10,12,14-15H2,1-3H3,(H2,25,27,28);1H. The Labute approximate surface area is 200 Å². The lowest BCUT2D eigenvalue weighted by molar-refractivity contribution is 0.611. The Kier molecular flexibility index (Phi) is 9.73. The number of rotatable bonds is 7. The van der Waals surface area contributed by atoms with Gasteiger partial charge in [0.05, 0.1) is 5.69 Å². The predicted molar refractivity (Wildman–Crippen MR) is 134 cm³/mol. The number of hydrogen-bond donors (Lipinski definition) is 2. The van der Waals surface area contributed by atoms with Crippen LogP contribution in [0.5, 0.6) is 0 Å². The minimum atomic E-state index is -0.309. The number of guanidine groups is 1. The number of pyridine rings is 1. The average Bonchev–Trinajstić information content (AvgIpc) is 3.21. The maximum absolute atomic E-state index is 14.5. The van der Waals surface area contributed by atoms with Crippen molar-refractivity contribution in [3.63, 3.8) is 0 Å². The van der Waals surface area contributed by atoms with Crippen LogP contribution in [0.25, 0.3) is 0 Å². The maximum atomic E-state index is 14.5. The lowest BCUT2D eigenvalue weighted by Gasteiger charge is -2.22. The summed E-state index contributed by atoms with van der Waals surface area (Å²) in [5.41, 5.74) is 1.47. The van der Waals surface area contributed by atoms with Gasteiger partial charge in [-0.3, -0.25) is 4.99 Å². The summed E-state index contributed by atoms with van der Waals surface area (Å²) in [7, 11) is 1.70. The van der Waals surface area contributed by atoms with Crippen LogP contribution in [0, 0.1) is 11.6 Å². The average molecular weight is 544 g/mol. The SMILES string of the molecule is CCN(CC)c1ccc(CNC(=NC)NC2CCN(c3ncccc3F)C2)cc1F.I. The van der Waals surface area contributed by atoms with Crippen molar-refractivity contribution in [1.29, 1.82) is 0 Å². The Morgan fingerprint density at radius 3 is 2.65 bits per heavy atom. The summed E-state index contributed by atoms with van der Waals surface area (Å²) in [5, 5.41) is 6.60. The first-order valence-electron chi connectivity index (χ1n) is 10.4. The third-order valence-electron chi connectivity index (χ3n) is 5.37. The second-order valence-corrected chi connectivity index (χ2v) is 7.27. The number of nitrogens with one attached hydrogen (secondary N) is 2. The highest BCUT2D eigenvalue weighted by atomic mass is 127. The Bertz CT molecular complexity index is 875. The highest BCUT2D eigenvalue weighted by Gasteiger charge is 2.25. The molecule has 0 spiro atoms. The van der Waals surface area contributed by atoms with Crippen molar-refractivity contribution in [2.24, 2.45) is 4.99 Å². The van der Waals surface area contributed by atoms with Crippen LogP contribution in [0.1, 0.15) is 25.8 Å². The number of hydrogen-bond acceptors (Lipinski definition) is 4. The van der Waals surface area contributed by atoms with Crippen molar-refractivity contribution in [2.45, 2.75) is 32.9 Å². The van der Waals surface area contributed by atoms with Crippen molar-refractivity contribution >= 4 is 41.4 Å². The smallest absolute Gasteiger partial charge is 0.191 e. The normalized spacial score (nSPS) is 16.1. The third-order valence-corrected chi connectivity index (χ3v) is 5.37. The van der Waals surface area contributed by atoms with E-state index in [-0.39, 0.29) is 41.7 Å². The summed E-state index contributed by atoms with van der Waals surface area (Å²) in [5.74, 6) is 0.491. The van der Waals surface area contributed by atoms with E-state index in [1.165, 1.54) is 6.07 Å². The molecule has 1 aromatic carbocycles. The summed E-state index contributed by atoms with van der Waals surface area (Å²) in [6.07, 6.45) is 2.45. The summed E-state index contributed by atoms with van der Waals surface area (Å²) in [4.78, 5) is 12.3. The molecule has 1 saturated heterocycles. The zero-order chi connectivity index (χ0) is 21.5. The number of aromatic nitrogens is 1. The van der Waals surface area contributed by atoms with Gasteiger partial charge in [0.25, 0.3) is 0 Å². The van der Waals surface area contributed by atoms with E-state index in [1.54, 1.807) is 25.4 Å². The van der Waals surface area contributed by atoms with Crippen molar-refractivity contribution in [2.75, 3.05) is 43.0 Å². The topological polar surface area (TPSA) is 55.8 Å². The predicted octanol–water partition coefficient (Wildman–Crippen LogP) is 3.77. The van der Waals surface area contributed by atoms with Gasteiger partial charge in [-0.1, -0.05) is 6.07 Å². The molecule has 0 radical (unpaired) electrons. The van der Waals surface area contributed by atoms with Gasteiger partial charge in [-0.25, -0.2) is 13.8 Å². The summed E-state index contributed by atoms with van der Waals surface area (Å²) in [6, 6.07) is 8.46. The quantitative estimate of drug-likeness (QED) is 0.316. The number of halogens is 3. The van der Waals surface area contributed by atoms with E-state index in [9.17, 15) is 8.78 Å². The fraction of sp³-hybridized carbons (Fsp3) is 0.455. The van der Waals surface area contributed by atoms with E-state index in [4.69, 9.17) is 0 Å². The van der Waals surface area contributed by atoms with Gasteiger partial charge in [0.15, 0.2) is 17.6 Å². The Balaban J connectivity index is 0.00000341. The molecule has 1 unspecified atom stereocenters. The van der Waals surface area contributed by atoms with Crippen LogP contribution in [0.2, 0.25) is 0 Å². The van der Waals surface area contributed by atoms with Crippen molar-refractivity contribution in [3.05, 3.63) is 53.7 Å². The lowest BCUT2D eigenvalue weighted by atomic mass is 10.1. The molecule has 1 aliphatic rings. The summed E-state index contributed by atoms with van der Waals surface area (Å²) in [6.45, 7) is 7.38. The van der Waals surface area contributed by atoms with Gasteiger partial charge >= 0.3 is 0 Å². The number of aliphatic imine (C=N–C) groups is 1. The van der Waals surface area contributed by atoms with Crippen molar-refractivity contribution < 1.29 is 8.78 Å². The molecule has 0 amide bonds. The van der Waals surface area contributed by atoms with Gasteiger partial charge in [-0.15, -0.1) is 24.0 Å². The van der Waals surface area contributed by atoms with Crippen LogP contribution >= 0.6 is 24.0 Å². The molecule has 6 nitrogen and oxygen atoms in total. The van der Waals surface area contributed by atoms with Crippen molar-refractivity contribution in [3.8, 4) is 0 Å². The second-order valence-electron chi connectivity index (χ2n) is 7.27. The van der Waals surface area contributed by atoms with Gasteiger partial charge in [-0.05, 0) is 50.1 Å². The molecular formula is C22H31F2IN6. The van der Waals surface area contributed by atoms with Gasteiger partial charge in [-0.2, -0.15) is 0 Å². The van der Waals surface area contributed by atoms with E-state index >= 15 is 0 Å². The van der Waals surface area contributed by atoms with Gasteiger partial charge in [0, 0.05) is 52.0 Å². The summed E-state index contributed by atoms with van der Waals surface area (Å²) < 4.78 is 28.5. The fourth-order valence-corrected chi connectivity index (χ4v) is 3.74. The fourth-order valence-electron chi connectivity index (χ4n) is 3.74. The minimum absolute atomic E-state index is 0. The third kappa shape index (κ3) is 6.41. The van der Waals surface area contributed by atoms with Crippen LogP contribution in [0.4, 0.5) is 20.3 Å². The highest BCUT2D eigenvalue weighted by Crippen LogP contribution is 2.21. The molecule has 170 valence electrons. The lowest BCUT2D eigenvalue weighted by Crippen LogP contribution is -2.44. The molecule has 3 rings (SSSR count). The van der Waals surface area contributed by atoms with Crippen molar-refractivity contribution in [1.82, 2.24) is 15.6 Å². The first-order chi connectivity index (χ1) is 14.5. The van der Waals surface area contributed by atoms with E-state index in [1.807, 2.05) is 35.8 Å². The number of benzene rings is 1. The second kappa shape index (κ2) is 12.0. The molecule has 0 bridgehead atoms. The molecule has 31 heavy (non-hydrogen) atoms. The van der Waals surface area contributed by atoms with E-state index in [2.05, 4.69) is 20.6 Å². The molecule has 1 aliphatic heterocycles.